The summed E-state index contributed by atoms with van der Waals surface area (Å²) in [4.78, 5) is 45.4. The van der Waals surface area contributed by atoms with Gasteiger partial charge in [-0.3, -0.25) is 29.6 Å². The Labute approximate surface area is 167 Å². The Morgan fingerprint density at radius 1 is 1.17 bits per heavy atom. The molecule has 1 fully saturated rings. The monoisotopic (exact) mass is 408 g/mol. The van der Waals surface area contributed by atoms with Crippen LogP contribution in [0.5, 0.6) is 0 Å². The molecule has 1 aliphatic heterocycles. The summed E-state index contributed by atoms with van der Waals surface area (Å²) in [6.45, 7) is 0. The molecule has 9 nitrogen and oxygen atoms in total. The maximum atomic E-state index is 12.8. The summed E-state index contributed by atoms with van der Waals surface area (Å²) in [5, 5.41) is 23.9. The predicted octanol–water partition coefficient (Wildman–Crippen LogP) is 3.07. The molecule has 1 saturated heterocycles. The zero-order valence-corrected chi connectivity index (χ0v) is 15.4. The number of hydrogen-bond donors (Lipinski definition) is 1. The van der Waals surface area contributed by atoms with Gasteiger partial charge < -0.3 is 5.11 Å². The molecule has 3 heterocycles. The second kappa shape index (κ2) is 7.24. The normalized spacial score (nSPS) is 18.2. The SMILES string of the molecule is O=C1C(=O)N(c2nccs2)C(c2cccc([N+](=O)[O-])c2)C1=C(O)c1ccncc1. The highest BCUT2D eigenvalue weighted by Gasteiger charge is 2.48. The lowest BCUT2D eigenvalue weighted by Gasteiger charge is -2.22. The first-order valence-corrected chi connectivity index (χ1v) is 9.22. The fourth-order valence-electron chi connectivity index (χ4n) is 3.15. The van der Waals surface area contributed by atoms with E-state index in [4.69, 9.17) is 0 Å². The van der Waals surface area contributed by atoms with Crippen LogP contribution >= 0.6 is 11.3 Å². The van der Waals surface area contributed by atoms with Crippen molar-refractivity contribution in [1.29, 1.82) is 0 Å². The van der Waals surface area contributed by atoms with Crippen molar-refractivity contribution in [3.63, 3.8) is 0 Å². The van der Waals surface area contributed by atoms with Crippen LogP contribution in [0.3, 0.4) is 0 Å². The largest absolute Gasteiger partial charge is 0.507 e. The van der Waals surface area contributed by atoms with E-state index in [0.29, 0.717) is 11.1 Å². The molecule has 0 saturated carbocycles. The first-order valence-electron chi connectivity index (χ1n) is 8.34. The van der Waals surface area contributed by atoms with Crippen LogP contribution in [0.25, 0.3) is 5.76 Å². The van der Waals surface area contributed by atoms with Crippen molar-refractivity contribution in [2.45, 2.75) is 6.04 Å². The van der Waals surface area contributed by atoms with Gasteiger partial charge >= 0.3 is 5.91 Å². The van der Waals surface area contributed by atoms with Crippen LogP contribution < -0.4 is 4.90 Å². The second-order valence-corrected chi connectivity index (χ2v) is 6.94. The Hall–Kier alpha value is -3.92. The zero-order chi connectivity index (χ0) is 20.5. The summed E-state index contributed by atoms with van der Waals surface area (Å²) in [6, 6.07) is 7.53. The third kappa shape index (κ3) is 3.15. The molecule has 1 aromatic carbocycles. The minimum atomic E-state index is -1.06. The molecule has 10 heteroatoms. The van der Waals surface area contributed by atoms with Gasteiger partial charge in [-0.2, -0.15) is 0 Å². The lowest BCUT2D eigenvalue weighted by molar-refractivity contribution is -0.384. The molecule has 0 bridgehead atoms. The second-order valence-electron chi connectivity index (χ2n) is 6.07. The molecule has 144 valence electrons. The van der Waals surface area contributed by atoms with E-state index < -0.39 is 22.7 Å². The lowest BCUT2D eigenvalue weighted by Crippen LogP contribution is -2.29. The van der Waals surface area contributed by atoms with Crippen LogP contribution in [0.1, 0.15) is 17.2 Å². The van der Waals surface area contributed by atoms with E-state index in [1.165, 1.54) is 48.9 Å². The lowest BCUT2D eigenvalue weighted by atomic mass is 9.95. The summed E-state index contributed by atoms with van der Waals surface area (Å²) < 4.78 is 0. The fraction of sp³-hybridized carbons (Fsp3) is 0.0526. The number of ketones is 1. The topological polar surface area (TPSA) is 127 Å². The molecule has 0 aliphatic carbocycles. The number of non-ortho nitro benzene ring substituents is 1. The molecule has 4 rings (SSSR count). The van der Waals surface area contributed by atoms with Gasteiger partial charge in [-0.25, -0.2) is 4.98 Å². The number of aliphatic hydroxyl groups excluding tert-OH is 1. The number of benzene rings is 1. The van der Waals surface area contributed by atoms with Crippen LogP contribution in [-0.2, 0) is 9.59 Å². The van der Waals surface area contributed by atoms with Crippen molar-refractivity contribution in [2.24, 2.45) is 0 Å². The molecule has 1 amide bonds. The summed E-state index contributed by atoms with van der Waals surface area (Å²) in [5.74, 6) is -2.15. The highest BCUT2D eigenvalue weighted by molar-refractivity contribution is 7.14. The molecular weight excluding hydrogens is 396 g/mol. The number of pyridine rings is 1. The van der Waals surface area contributed by atoms with E-state index in [-0.39, 0.29) is 22.2 Å². The number of aliphatic hydroxyl groups is 1. The van der Waals surface area contributed by atoms with Gasteiger partial charge in [0.25, 0.3) is 11.5 Å². The third-order valence-electron chi connectivity index (χ3n) is 4.42. The van der Waals surface area contributed by atoms with Crippen LogP contribution in [0, 0.1) is 10.1 Å². The van der Waals surface area contributed by atoms with Crippen molar-refractivity contribution in [1.82, 2.24) is 9.97 Å². The maximum Gasteiger partial charge on any atom is 0.301 e. The minimum absolute atomic E-state index is 0.170. The molecule has 1 aliphatic rings. The number of aromatic nitrogens is 2. The molecule has 1 unspecified atom stereocenters. The van der Waals surface area contributed by atoms with Crippen LogP contribution in [0.4, 0.5) is 10.8 Å². The fourth-order valence-corrected chi connectivity index (χ4v) is 3.82. The number of thiazole rings is 1. The number of nitrogens with zero attached hydrogens (tertiary/aromatic N) is 4. The Bertz CT molecular complexity index is 1140. The zero-order valence-electron chi connectivity index (χ0n) is 14.6. The summed E-state index contributed by atoms with van der Waals surface area (Å²) in [6.07, 6.45) is 4.36. The van der Waals surface area contributed by atoms with E-state index in [1.54, 1.807) is 11.4 Å². The van der Waals surface area contributed by atoms with Crippen LogP contribution in [0.15, 0.2) is 65.9 Å². The highest BCUT2D eigenvalue weighted by atomic mass is 32.1. The summed E-state index contributed by atoms with van der Waals surface area (Å²) >= 11 is 1.14. The van der Waals surface area contributed by atoms with Crippen molar-refractivity contribution in [2.75, 3.05) is 4.90 Å². The Morgan fingerprint density at radius 2 is 1.93 bits per heavy atom. The summed E-state index contributed by atoms with van der Waals surface area (Å²) in [5.41, 5.74) is 0.241. The Balaban J connectivity index is 1.96. The first kappa shape index (κ1) is 18.4. The number of amides is 1. The van der Waals surface area contributed by atoms with Crippen LogP contribution in [0.2, 0.25) is 0 Å². The first-order chi connectivity index (χ1) is 14.0. The number of nitro groups is 1. The molecule has 0 spiro atoms. The van der Waals surface area contributed by atoms with Gasteiger partial charge in [-0.15, -0.1) is 11.3 Å². The molecule has 0 radical (unpaired) electrons. The average Bonchev–Trinajstić information content (AvgIpc) is 3.35. The maximum absolute atomic E-state index is 12.8. The minimum Gasteiger partial charge on any atom is -0.507 e. The van der Waals surface area contributed by atoms with Crippen molar-refractivity contribution >= 4 is 39.6 Å². The number of anilines is 1. The van der Waals surface area contributed by atoms with Gasteiger partial charge in [0.05, 0.1) is 16.5 Å². The smallest absolute Gasteiger partial charge is 0.301 e. The van der Waals surface area contributed by atoms with Gasteiger partial charge in [0.15, 0.2) is 5.13 Å². The van der Waals surface area contributed by atoms with E-state index in [2.05, 4.69) is 9.97 Å². The average molecular weight is 408 g/mol. The van der Waals surface area contributed by atoms with E-state index in [1.807, 2.05) is 0 Å². The number of nitro benzene ring substituents is 1. The number of carbonyl (C=O) groups is 2. The molecule has 3 aromatic rings. The van der Waals surface area contributed by atoms with E-state index >= 15 is 0 Å². The standard InChI is InChI=1S/C19H12N4O5S/c24-16(11-4-6-20-7-5-11)14-15(12-2-1-3-13(10-12)23(27)28)22(18(26)17(14)25)19-21-8-9-29-19/h1-10,15,24H. The quantitative estimate of drug-likeness (QED) is 0.231. The third-order valence-corrected chi connectivity index (χ3v) is 5.19. The van der Waals surface area contributed by atoms with Gasteiger partial charge in [0.1, 0.15) is 5.76 Å². The van der Waals surface area contributed by atoms with Gasteiger partial charge in [0.2, 0.25) is 0 Å². The number of carbonyl (C=O) groups excluding carboxylic acids is 2. The van der Waals surface area contributed by atoms with Gasteiger partial charge in [-0.1, -0.05) is 12.1 Å². The van der Waals surface area contributed by atoms with Crippen molar-refractivity contribution < 1.29 is 19.6 Å². The summed E-state index contributed by atoms with van der Waals surface area (Å²) in [7, 11) is 0. The molecule has 1 N–H and O–H groups in total. The molecule has 2 aromatic heterocycles. The number of hydrogen-bond acceptors (Lipinski definition) is 8. The van der Waals surface area contributed by atoms with E-state index in [0.717, 1.165) is 16.2 Å². The highest BCUT2D eigenvalue weighted by Crippen LogP contribution is 2.43. The predicted molar refractivity (Wildman–Crippen MR) is 104 cm³/mol. The molecular formula is C19H12N4O5S. The number of Topliss-reactive ketones (excluding diaryl/α,β-unsaturated/α-hetero) is 1. The Kier molecular flexibility index (Phi) is 4.61. The van der Waals surface area contributed by atoms with E-state index in [9.17, 15) is 24.8 Å². The van der Waals surface area contributed by atoms with Gasteiger partial charge in [0, 0.05) is 41.7 Å². The molecule has 1 atom stereocenters. The van der Waals surface area contributed by atoms with Crippen molar-refractivity contribution in [3.8, 4) is 0 Å². The number of rotatable bonds is 4. The van der Waals surface area contributed by atoms with Crippen LogP contribution in [-0.4, -0.2) is 31.7 Å². The Morgan fingerprint density at radius 3 is 2.59 bits per heavy atom. The molecule has 29 heavy (non-hydrogen) atoms. The van der Waals surface area contributed by atoms with Crippen molar-refractivity contribution in [3.05, 3.63) is 87.2 Å². The van der Waals surface area contributed by atoms with Gasteiger partial charge in [-0.05, 0) is 17.7 Å².